The first kappa shape index (κ1) is 47.2. The van der Waals surface area contributed by atoms with Crippen molar-refractivity contribution in [2.24, 2.45) is 0 Å². The van der Waals surface area contributed by atoms with Gasteiger partial charge in [-0.1, -0.05) is 27.7 Å². The van der Waals surface area contributed by atoms with Gasteiger partial charge in [0.2, 0.25) is 5.88 Å². The van der Waals surface area contributed by atoms with E-state index in [1.807, 2.05) is 33.2 Å². The Balaban J connectivity index is 1.17. The highest BCUT2D eigenvalue weighted by molar-refractivity contribution is 5.44. The molecule has 57 heavy (non-hydrogen) atoms. The number of pyridine rings is 1. The molecule has 0 bridgehead atoms. The van der Waals surface area contributed by atoms with Crippen molar-refractivity contribution in [1.82, 2.24) is 30.9 Å². The molecule has 1 saturated carbocycles. The predicted octanol–water partition coefficient (Wildman–Crippen LogP) is 9.53. The number of rotatable bonds is 21. The largest absolute Gasteiger partial charge is 0.473 e. The number of nitrogens with zero attached hydrogens (tertiary/aromatic N) is 4. The van der Waals surface area contributed by atoms with Gasteiger partial charge >= 0.3 is 0 Å². The molecule has 2 fully saturated rings. The number of hydrogen-bond acceptors (Lipinski definition) is 9. The molecule has 324 valence electrons. The van der Waals surface area contributed by atoms with Crippen LogP contribution in [0.25, 0.3) is 0 Å². The second-order valence-corrected chi connectivity index (χ2v) is 21.8. The number of nitrogens with one attached hydrogen (secondary N) is 3. The summed E-state index contributed by atoms with van der Waals surface area (Å²) in [4.78, 5) is 16.6. The number of aromatic nitrogens is 3. The first-order chi connectivity index (χ1) is 26.1. The zero-order valence-electron chi connectivity index (χ0n) is 38.2. The van der Waals surface area contributed by atoms with Crippen LogP contribution in [0.2, 0.25) is 0 Å². The van der Waals surface area contributed by atoms with Crippen LogP contribution in [-0.4, -0.2) is 87.5 Å². The maximum atomic E-state index is 14.4. The lowest BCUT2D eigenvalue weighted by atomic mass is 9.77. The van der Waals surface area contributed by atoms with Crippen LogP contribution < -0.4 is 25.6 Å². The summed E-state index contributed by atoms with van der Waals surface area (Å²) < 4.78 is 40.6. The van der Waals surface area contributed by atoms with E-state index in [-0.39, 0.29) is 59.5 Å². The van der Waals surface area contributed by atoms with E-state index in [0.29, 0.717) is 18.0 Å². The van der Waals surface area contributed by atoms with Crippen LogP contribution in [0.4, 0.5) is 14.6 Å². The molecule has 1 aliphatic heterocycles. The van der Waals surface area contributed by atoms with Gasteiger partial charge in [-0.2, -0.15) is 0 Å². The summed E-state index contributed by atoms with van der Waals surface area (Å²) in [6.45, 7) is 32.5. The Labute approximate surface area is 345 Å². The maximum Gasteiger partial charge on any atom is 0.251 e. The highest BCUT2D eigenvalue weighted by Gasteiger charge is 2.37. The second-order valence-electron chi connectivity index (χ2n) is 21.8. The van der Waals surface area contributed by atoms with Gasteiger partial charge in [-0.15, -0.1) is 0 Å². The second kappa shape index (κ2) is 18.4. The number of anilines is 1. The van der Waals surface area contributed by atoms with Gasteiger partial charge in [0.15, 0.2) is 0 Å². The van der Waals surface area contributed by atoms with Crippen LogP contribution in [0.1, 0.15) is 166 Å². The van der Waals surface area contributed by atoms with Gasteiger partial charge in [0.1, 0.15) is 11.9 Å². The van der Waals surface area contributed by atoms with Crippen LogP contribution in [0.3, 0.4) is 0 Å². The van der Waals surface area contributed by atoms with Crippen molar-refractivity contribution < 1.29 is 18.3 Å². The van der Waals surface area contributed by atoms with Crippen molar-refractivity contribution in [1.29, 1.82) is 0 Å². The third kappa shape index (κ3) is 15.9. The molecular weight excluding hydrogens is 721 g/mol. The van der Waals surface area contributed by atoms with Crippen LogP contribution >= 0.6 is 0 Å². The molecule has 9 nitrogen and oxygen atoms in total. The van der Waals surface area contributed by atoms with Crippen LogP contribution in [0, 0.1) is 0 Å². The molecule has 1 unspecified atom stereocenters. The molecule has 2 aromatic heterocycles. The predicted molar refractivity (Wildman–Crippen MR) is 231 cm³/mol. The zero-order valence-corrected chi connectivity index (χ0v) is 38.2. The van der Waals surface area contributed by atoms with E-state index in [0.717, 1.165) is 69.5 Å². The molecule has 0 amide bonds. The topological polar surface area (TPSA) is 96.5 Å². The van der Waals surface area contributed by atoms with E-state index >= 15 is 0 Å². The van der Waals surface area contributed by atoms with Gasteiger partial charge in [0.05, 0.1) is 30.3 Å². The molecule has 2 aromatic rings. The van der Waals surface area contributed by atoms with Gasteiger partial charge in [-0.25, -0.2) is 18.7 Å². The Morgan fingerprint density at radius 3 is 2.04 bits per heavy atom. The lowest BCUT2D eigenvalue weighted by molar-refractivity contribution is -0.0702. The van der Waals surface area contributed by atoms with E-state index in [4.69, 9.17) is 19.4 Å². The fourth-order valence-electron chi connectivity index (χ4n) is 7.84. The average Bonchev–Trinajstić information content (AvgIpc) is 3.52. The van der Waals surface area contributed by atoms with Crippen molar-refractivity contribution in [2.45, 2.75) is 212 Å². The standard InChI is InChI=1S/C46H79F2N7O2/c1-40(2,3)53-34-16-25-55(32-34)38-27-33(15-23-49-38)42(7,8)17-20-45(13,14)54-35-28-36(29-35)57-39-31-50-37(30-51-39)43(9,10)18-19-44(11,12)52-24-21-46(47,48)22-26-56-41(4,5)6/h15,23,27,30-31,34-36,52-54H,16-22,24-26,28-29,32H2,1-14H3/t34?,35-,36-. The van der Waals surface area contributed by atoms with E-state index in [1.165, 1.54) is 5.56 Å². The minimum atomic E-state index is -2.76. The minimum Gasteiger partial charge on any atom is -0.473 e. The fourth-order valence-corrected chi connectivity index (χ4v) is 7.84. The molecule has 1 saturated heterocycles. The van der Waals surface area contributed by atoms with Crippen molar-refractivity contribution in [3.05, 3.63) is 42.0 Å². The van der Waals surface area contributed by atoms with E-state index < -0.39 is 11.5 Å². The molecule has 3 heterocycles. The lowest BCUT2D eigenvalue weighted by Gasteiger charge is -2.42. The van der Waals surface area contributed by atoms with Gasteiger partial charge in [0, 0.05) is 72.8 Å². The first-order valence-corrected chi connectivity index (χ1v) is 21.6. The summed E-state index contributed by atoms with van der Waals surface area (Å²) in [6, 6.07) is 5.40. The Hall–Kier alpha value is -2.47. The normalized spacial score (nSPS) is 20.2. The zero-order chi connectivity index (χ0) is 42.5. The van der Waals surface area contributed by atoms with Crippen molar-refractivity contribution >= 4 is 5.82 Å². The van der Waals surface area contributed by atoms with E-state index in [9.17, 15) is 8.78 Å². The summed E-state index contributed by atoms with van der Waals surface area (Å²) in [5.41, 5.74) is 1.44. The number of alkyl halides is 2. The molecule has 1 atom stereocenters. The van der Waals surface area contributed by atoms with Gasteiger partial charge in [-0.3, -0.25) is 4.98 Å². The third-order valence-electron chi connectivity index (χ3n) is 11.8. The SMILES string of the molecule is CC(C)(C)NC1CCN(c2cc(C(C)(C)CCC(C)(C)N[C@H]3C[C@H](Oc4cnc(C(C)(C)CCC(C)(C)NCCC(F)(F)CCOC(C)(C)C)cn4)C3)ccn2)C1. The average molecular weight is 800 g/mol. The lowest BCUT2D eigenvalue weighted by Crippen LogP contribution is -2.54. The molecular formula is C46H79F2N7O2. The molecule has 3 N–H and O–H groups in total. The molecule has 4 rings (SSSR count). The Morgan fingerprint density at radius 2 is 1.40 bits per heavy atom. The highest BCUT2D eigenvalue weighted by atomic mass is 19.3. The molecule has 2 aliphatic rings. The van der Waals surface area contributed by atoms with Crippen molar-refractivity contribution in [3.63, 3.8) is 0 Å². The summed E-state index contributed by atoms with van der Waals surface area (Å²) in [7, 11) is 0. The number of hydrogen-bond donors (Lipinski definition) is 3. The molecule has 0 aromatic carbocycles. The van der Waals surface area contributed by atoms with Gasteiger partial charge in [-0.05, 0) is 137 Å². The van der Waals surface area contributed by atoms with Crippen LogP contribution in [-0.2, 0) is 15.6 Å². The third-order valence-corrected chi connectivity index (χ3v) is 11.8. The molecule has 11 heteroatoms. The summed E-state index contributed by atoms with van der Waals surface area (Å²) in [6.07, 6.45) is 12.0. The summed E-state index contributed by atoms with van der Waals surface area (Å²) in [5.74, 6) is -1.11. The van der Waals surface area contributed by atoms with Gasteiger partial charge in [0.25, 0.3) is 5.92 Å². The quantitative estimate of drug-likeness (QED) is 0.114. The van der Waals surface area contributed by atoms with Gasteiger partial charge < -0.3 is 30.3 Å². The fraction of sp³-hybridized carbons (Fsp3) is 0.804. The molecule has 0 radical (unpaired) electrons. The van der Waals surface area contributed by atoms with Crippen LogP contribution in [0.5, 0.6) is 5.88 Å². The Bertz CT molecular complexity index is 1540. The Morgan fingerprint density at radius 1 is 0.737 bits per heavy atom. The smallest absolute Gasteiger partial charge is 0.251 e. The van der Waals surface area contributed by atoms with Crippen molar-refractivity contribution in [3.8, 4) is 5.88 Å². The van der Waals surface area contributed by atoms with E-state index in [1.54, 1.807) is 6.20 Å². The molecule has 1 aliphatic carbocycles. The Kier molecular flexibility index (Phi) is 15.3. The maximum absolute atomic E-state index is 14.4. The van der Waals surface area contributed by atoms with Crippen molar-refractivity contribution in [2.75, 3.05) is 31.1 Å². The number of ether oxygens (including phenoxy) is 2. The van der Waals surface area contributed by atoms with Crippen LogP contribution in [0.15, 0.2) is 30.7 Å². The minimum absolute atomic E-state index is 0.00684. The number of halogens is 2. The summed E-state index contributed by atoms with van der Waals surface area (Å²) >= 11 is 0. The van der Waals surface area contributed by atoms with E-state index in [2.05, 4.69) is 114 Å². The monoisotopic (exact) mass is 800 g/mol. The highest BCUT2D eigenvalue weighted by Crippen LogP contribution is 2.35. The first-order valence-electron chi connectivity index (χ1n) is 21.6. The summed E-state index contributed by atoms with van der Waals surface area (Å²) in [5, 5.41) is 11.0. The molecule has 0 spiro atoms.